The topological polar surface area (TPSA) is 75.6 Å². The minimum Gasteiger partial charge on any atom is -0.352 e. The maximum Gasteiger partial charge on any atom is 0.182 e. The molecule has 6 rings (SSSR count). The van der Waals surface area contributed by atoms with Crippen molar-refractivity contribution in [3.8, 4) is 11.3 Å². The molecule has 32 heavy (non-hydrogen) atoms. The number of Topliss-reactive ketones (excluding diaryl/α,β-unsaturated/α-hetero) is 1. The number of pyridine rings is 1. The number of hydrogen-bond acceptors (Lipinski definition) is 4. The number of aryl methyl sites for hydroxylation is 1. The number of ketones is 1. The molecular weight excluding hydrogens is 398 g/mol. The molecule has 3 aromatic heterocycles. The molecule has 2 saturated carbocycles. The van der Waals surface area contributed by atoms with Crippen LogP contribution in [0.2, 0.25) is 0 Å². The first-order valence-corrected chi connectivity index (χ1v) is 11.5. The molecule has 0 spiro atoms. The van der Waals surface area contributed by atoms with Gasteiger partial charge in [-0.05, 0) is 67.6 Å². The van der Waals surface area contributed by atoms with Crippen LogP contribution < -0.4 is 5.32 Å². The van der Waals surface area contributed by atoms with Gasteiger partial charge in [-0.25, -0.2) is 0 Å². The molecule has 0 amide bonds. The van der Waals surface area contributed by atoms with Crippen LogP contribution in [0.1, 0.15) is 53.8 Å². The molecule has 0 unspecified atom stereocenters. The number of carbonyl (C=O) groups is 1. The summed E-state index contributed by atoms with van der Waals surface area (Å²) < 4.78 is 1.97. The molecule has 0 saturated heterocycles. The van der Waals surface area contributed by atoms with Gasteiger partial charge in [-0.3, -0.25) is 14.5 Å². The van der Waals surface area contributed by atoms with E-state index in [4.69, 9.17) is 5.10 Å². The fourth-order valence-electron chi connectivity index (χ4n) is 4.71. The lowest BCUT2D eigenvalue weighted by Gasteiger charge is -2.22. The predicted molar refractivity (Wildman–Crippen MR) is 124 cm³/mol. The van der Waals surface area contributed by atoms with Crippen molar-refractivity contribution < 1.29 is 4.79 Å². The molecule has 1 aromatic carbocycles. The molecule has 2 aliphatic rings. The minimum absolute atomic E-state index is 0.0418. The van der Waals surface area contributed by atoms with E-state index in [2.05, 4.69) is 39.6 Å². The quantitative estimate of drug-likeness (QED) is 0.420. The molecule has 3 heterocycles. The molecule has 0 aliphatic heterocycles. The Morgan fingerprint density at radius 2 is 1.97 bits per heavy atom. The monoisotopic (exact) mass is 425 g/mol. The third kappa shape index (κ3) is 3.35. The Morgan fingerprint density at radius 1 is 1.16 bits per heavy atom. The van der Waals surface area contributed by atoms with E-state index in [9.17, 15) is 4.79 Å². The number of fused-ring (bicyclic) bond motifs is 1. The number of aromatic amines is 1. The molecule has 6 heteroatoms. The molecule has 2 aliphatic carbocycles. The number of rotatable bonds is 7. The van der Waals surface area contributed by atoms with Gasteiger partial charge in [0.2, 0.25) is 0 Å². The maximum atomic E-state index is 12.6. The first kappa shape index (κ1) is 19.4. The Bertz CT molecular complexity index is 1290. The lowest BCUT2D eigenvalue weighted by molar-refractivity contribution is 0.0851. The molecule has 0 bridgehead atoms. The van der Waals surface area contributed by atoms with Crippen LogP contribution in [0.25, 0.3) is 22.2 Å². The maximum absolute atomic E-state index is 12.6. The highest BCUT2D eigenvalue weighted by Gasteiger charge is 2.46. The van der Waals surface area contributed by atoms with Gasteiger partial charge in [0.25, 0.3) is 0 Å². The van der Waals surface area contributed by atoms with Gasteiger partial charge in [0, 0.05) is 48.4 Å². The fraction of sp³-hybridized carbons (Fsp3) is 0.346. The molecule has 6 nitrogen and oxygen atoms in total. The average Bonchev–Trinajstić information content (AvgIpc) is 3.27. The summed E-state index contributed by atoms with van der Waals surface area (Å²) in [6.07, 6.45) is 9.07. The lowest BCUT2D eigenvalue weighted by Crippen LogP contribution is -2.29. The smallest absolute Gasteiger partial charge is 0.182 e. The van der Waals surface area contributed by atoms with Gasteiger partial charge in [-0.2, -0.15) is 5.10 Å². The van der Waals surface area contributed by atoms with Crippen LogP contribution in [0, 0.1) is 5.92 Å². The number of carbonyl (C=O) groups excluding carboxylic acids is 1. The Labute approximate surface area is 187 Å². The molecule has 162 valence electrons. The van der Waals surface area contributed by atoms with Crippen molar-refractivity contribution in [3.63, 3.8) is 0 Å². The van der Waals surface area contributed by atoms with Crippen LogP contribution in [0.15, 0.2) is 54.9 Å². The molecule has 2 N–H and O–H groups in total. The Balaban J connectivity index is 1.26. The highest BCUT2D eigenvalue weighted by molar-refractivity contribution is 6.01. The largest absolute Gasteiger partial charge is 0.352 e. The second-order valence-corrected chi connectivity index (χ2v) is 9.31. The predicted octanol–water partition coefficient (Wildman–Crippen LogP) is 4.73. The number of aromatic nitrogens is 4. The van der Waals surface area contributed by atoms with Crippen LogP contribution in [0.3, 0.4) is 0 Å². The minimum atomic E-state index is -0.0418. The summed E-state index contributed by atoms with van der Waals surface area (Å²) in [5.41, 5.74) is 6.24. The summed E-state index contributed by atoms with van der Waals surface area (Å²) in [5.74, 6) is 0.462. The second kappa shape index (κ2) is 7.41. The summed E-state index contributed by atoms with van der Waals surface area (Å²) in [4.78, 5) is 20.1. The molecular formula is C26H27N5O. The summed E-state index contributed by atoms with van der Waals surface area (Å²) in [5, 5.41) is 9.66. The standard InChI is InChI=1S/C26H27N5O/c1-31-23(15-24(30-31)26(9-10-26)28-16-17-7-11-27-12-8-17)19-5-6-21-20(13-19)14-22(29-21)25(32)18-3-2-4-18/h5-8,11-15,18,28-29H,2-4,9-10,16H2,1H3. The summed E-state index contributed by atoms with van der Waals surface area (Å²) >= 11 is 0. The molecule has 2 fully saturated rings. The molecule has 0 radical (unpaired) electrons. The van der Waals surface area contributed by atoms with Crippen LogP contribution in [-0.2, 0) is 19.1 Å². The van der Waals surface area contributed by atoms with E-state index < -0.39 is 0 Å². The van der Waals surface area contributed by atoms with Gasteiger partial charge in [0.05, 0.1) is 22.6 Å². The molecule has 0 atom stereocenters. The van der Waals surface area contributed by atoms with Crippen LogP contribution in [0.4, 0.5) is 0 Å². The zero-order chi connectivity index (χ0) is 21.7. The van der Waals surface area contributed by atoms with Crippen LogP contribution in [-0.4, -0.2) is 25.5 Å². The van der Waals surface area contributed by atoms with E-state index in [-0.39, 0.29) is 17.2 Å². The SMILES string of the molecule is Cn1nc(C2(NCc3ccncc3)CC2)cc1-c1ccc2[nH]c(C(=O)C3CCC3)cc2c1. The van der Waals surface area contributed by atoms with E-state index >= 15 is 0 Å². The van der Waals surface area contributed by atoms with Crippen molar-refractivity contribution in [1.82, 2.24) is 25.1 Å². The van der Waals surface area contributed by atoms with E-state index in [1.165, 1.54) is 12.0 Å². The average molecular weight is 426 g/mol. The second-order valence-electron chi connectivity index (χ2n) is 9.31. The van der Waals surface area contributed by atoms with Gasteiger partial charge in [0.15, 0.2) is 5.78 Å². The third-order valence-corrected chi connectivity index (χ3v) is 7.16. The number of benzene rings is 1. The van der Waals surface area contributed by atoms with Crippen LogP contribution in [0.5, 0.6) is 0 Å². The van der Waals surface area contributed by atoms with Crippen molar-refractivity contribution in [2.24, 2.45) is 13.0 Å². The highest BCUT2D eigenvalue weighted by Crippen LogP contribution is 2.46. The highest BCUT2D eigenvalue weighted by atomic mass is 16.1. The number of H-pyrrole nitrogens is 1. The Morgan fingerprint density at radius 3 is 2.69 bits per heavy atom. The van der Waals surface area contributed by atoms with Crippen molar-refractivity contribution >= 4 is 16.7 Å². The Kier molecular flexibility index (Phi) is 4.50. The number of nitrogens with zero attached hydrogens (tertiary/aromatic N) is 3. The zero-order valence-electron chi connectivity index (χ0n) is 18.3. The molecule has 4 aromatic rings. The van der Waals surface area contributed by atoms with Crippen LogP contribution >= 0.6 is 0 Å². The van der Waals surface area contributed by atoms with E-state index in [0.29, 0.717) is 0 Å². The third-order valence-electron chi connectivity index (χ3n) is 7.16. The van der Waals surface area contributed by atoms with Crippen molar-refractivity contribution in [1.29, 1.82) is 0 Å². The zero-order valence-corrected chi connectivity index (χ0v) is 18.3. The summed E-state index contributed by atoms with van der Waals surface area (Å²) in [6, 6.07) is 14.7. The van der Waals surface area contributed by atoms with Gasteiger partial charge >= 0.3 is 0 Å². The van der Waals surface area contributed by atoms with Crippen molar-refractivity contribution in [3.05, 3.63) is 71.8 Å². The van der Waals surface area contributed by atoms with E-state index in [1.54, 1.807) is 0 Å². The van der Waals surface area contributed by atoms with Gasteiger partial charge < -0.3 is 10.3 Å². The lowest BCUT2D eigenvalue weighted by atomic mass is 9.81. The summed E-state index contributed by atoms with van der Waals surface area (Å²) in [7, 11) is 2.00. The normalized spacial score (nSPS) is 17.4. The van der Waals surface area contributed by atoms with Gasteiger partial charge in [0.1, 0.15) is 0 Å². The summed E-state index contributed by atoms with van der Waals surface area (Å²) in [6.45, 7) is 0.807. The Hall–Kier alpha value is -3.25. The van der Waals surface area contributed by atoms with Crippen molar-refractivity contribution in [2.75, 3.05) is 0 Å². The van der Waals surface area contributed by atoms with E-state index in [1.807, 2.05) is 42.3 Å². The van der Waals surface area contributed by atoms with Crippen molar-refractivity contribution in [2.45, 2.75) is 44.2 Å². The first-order chi connectivity index (χ1) is 15.6. The van der Waals surface area contributed by atoms with Gasteiger partial charge in [-0.1, -0.05) is 12.5 Å². The van der Waals surface area contributed by atoms with E-state index in [0.717, 1.165) is 65.8 Å². The fourth-order valence-corrected chi connectivity index (χ4v) is 4.71. The number of hydrogen-bond donors (Lipinski definition) is 2. The first-order valence-electron chi connectivity index (χ1n) is 11.5. The van der Waals surface area contributed by atoms with Gasteiger partial charge in [-0.15, -0.1) is 0 Å². The number of nitrogens with one attached hydrogen (secondary N) is 2.